The molecule has 0 amide bonds. The van der Waals surface area contributed by atoms with Crippen molar-refractivity contribution in [2.45, 2.75) is 38.4 Å². The zero-order valence-corrected chi connectivity index (χ0v) is 18.9. The van der Waals surface area contributed by atoms with Crippen molar-refractivity contribution in [3.63, 3.8) is 0 Å². The molecule has 1 atom stereocenters. The molecule has 2 N–H and O–H groups in total. The fourth-order valence-electron chi connectivity index (χ4n) is 3.95. The Morgan fingerprint density at radius 1 is 1.23 bits per heavy atom. The van der Waals surface area contributed by atoms with Crippen LogP contribution in [-0.2, 0) is 13.6 Å². The maximum absolute atomic E-state index is 4.90. The molecule has 0 spiro atoms. The van der Waals surface area contributed by atoms with Crippen LogP contribution in [0.4, 0.5) is 0 Å². The highest BCUT2D eigenvalue weighted by molar-refractivity contribution is 5.80. The van der Waals surface area contributed by atoms with E-state index in [2.05, 4.69) is 83.1 Å². The van der Waals surface area contributed by atoms with Gasteiger partial charge in [0.05, 0.1) is 18.8 Å². The van der Waals surface area contributed by atoms with Crippen LogP contribution in [0.15, 0.2) is 47.7 Å². The van der Waals surface area contributed by atoms with Gasteiger partial charge in [0.25, 0.3) is 0 Å². The Morgan fingerprint density at radius 2 is 1.97 bits per heavy atom. The standard InChI is InChI=1S/C23H37N7/c1-5-24-23(25-16-22(28(2)3)20-15-26-29(4)18-20)27-21-11-13-30(14-12-21)17-19-9-7-6-8-10-19/h6-10,15,18,21-22H,5,11-14,16-17H2,1-4H3,(H2,24,25,27). The largest absolute Gasteiger partial charge is 0.357 e. The van der Waals surface area contributed by atoms with Crippen LogP contribution >= 0.6 is 0 Å². The Bertz CT molecular complexity index is 776. The van der Waals surface area contributed by atoms with Gasteiger partial charge in [0.1, 0.15) is 0 Å². The summed E-state index contributed by atoms with van der Waals surface area (Å²) in [6, 6.07) is 11.4. The van der Waals surface area contributed by atoms with E-state index in [4.69, 9.17) is 4.99 Å². The molecular formula is C23H37N7. The van der Waals surface area contributed by atoms with Crippen molar-refractivity contribution in [3.05, 3.63) is 53.9 Å². The first-order valence-electron chi connectivity index (χ1n) is 11.0. The number of likely N-dealkylation sites (N-methyl/N-ethyl adjacent to an activating group) is 1. The first-order chi connectivity index (χ1) is 14.5. The summed E-state index contributed by atoms with van der Waals surface area (Å²) in [5.41, 5.74) is 2.58. The number of piperidine rings is 1. The second-order valence-electron chi connectivity index (χ2n) is 8.33. The summed E-state index contributed by atoms with van der Waals surface area (Å²) in [4.78, 5) is 9.65. The molecule has 1 aliphatic heterocycles. The molecule has 1 aromatic heterocycles. The number of aromatic nitrogens is 2. The number of guanidine groups is 1. The summed E-state index contributed by atoms with van der Waals surface area (Å²) < 4.78 is 1.85. The molecule has 1 aromatic carbocycles. The van der Waals surface area contributed by atoms with Gasteiger partial charge >= 0.3 is 0 Å². The Labute approximate surface area is 181 Å². The third-order valence-electron chi connectivity index (χ3n) is 5.68. The van der Waals surface area contributed by atoms with Crippen LogP contribution in [0.25, 0.3) is 0 Å². The Kier molecular flexibility index (Phi) is 8.28. The third kappa shape index (κ3) is 6.57. The normalized spacial score (nSPS) is 17.3. The smallest absolute Gasteiger partial charge is 0.191 e. The van der Waals surface area contributed by atoms with E-state index in [1.165, 1.54) is 11.1 Å². The predicted octanol–water partition coefficient (Wildman–Crippen LogP) is 2.24. The van der Waals surface area contributed by atoms with Crippen LogP contribution in [0, 0.1) is 0 Å². The summed E-state index contributed by atoms with van der Waals surface area (Å²) in [6.07, 6.45) is 6.28. The number of hydrogen-bond donors (Lipinski definition) is 2. The molecule has 0 aliphatic carbocycles. The molecule has 2 heterocycles. The summed E-state index contributed by atoms with van der Waals surface area (Å²) in [7, 11) is 6.14. The molecule has 2 aromatic rings. The number of aliphatic imine (C=N–C) groups is 1. The topological polar surface area (TPSA) is 60.7 Å². The lowest BCUT2D eigenvalue weighted by Crippen LogP contribution is -2.48. The number of nitrogens with one attached hydrogen (secondary N) is 2. The van der Waals surface area contributed by atoms with Crippen molar-refractivity contribution in [1.29, 1.82) is 0 Å². The van der Waals surface area contributed by atoms with Crippen molar-refractivity contribution >= 4 is 5.96 Å². The third-order valence-corrected chi connectivity index (χ3v) is 5.68. The average molecular weight is 412 g/mol. The summed E-state index contributed by atoms with van der Waals surface area (Å²) in [6.45, 7) is 6.94. The molecule has 7 nitrogen and oxygen atoms in total. The number of likely N-dealkylation sites (tertiary alicyclic amines) is 1. The molecule has 1 aliphatic rings. The predicted molar refractivity (Wildman–Crippen MR) is 123 cm³/mol. The molecule has 0 radical (unpaired) electrons. The Balaban J connectivity index is 1.53. The van der Waals surface area contributed by atoms with Gasteiger partial charge in [0.15, 0.2) is 5.96 Å². The van der Waals surface area contributed by atoms with Gasteiger partial charge in [-0.3, -0.25) is 14.6 Å². The maximum Gasteiger partial charge on any atom is 0.191 e. The van der Waals surface area contributed by atoms with Crippen LogP contribution < -0.4 is 10.6 Å². The fourth-order valence-corrected chi connectivity index (χ4v) is 3.95. The van der Waals surface area contributed by atoms with Crippen LogP contribution in [0.1, 0.15) is 36.9 Å². The monoisotopic (exact) mass is 411 g/mol. The zero-order valence-electron chi connectivity index (χ0n) is 18.9. The van der Waals surface area contributed by atoms with Crippen molar-refractivity contribution in [2.24, 2.45) is 12.0 Å². The molecule has 1 saturated heterocycles. The van der Waals surface area contributed by atoms with Crippen LogP contribution in [0.5, 0.6) is 0 Å². The number of benzene rings is 1. The highest BCUT2D eigenvalue weighted by Crippen LogP contribution is 2.18. The minimum atomic E-state index is 0.210. The van der Waals surface area contributed by atoms with Gasteiger partial charge in [-0.05, 0) is 39.4 Å². The molecular weight excluding hydrogens is 374 g/mol. The lowest BCUT2D eigenvalue weighted by molar-refractivity contribution is 0.198. The molecule has 0 bridgehead atoms. The molecule has 1 unspecified atom stereocenters. The van der Waals surface area contributed by atoms with Crippen LogP contribution in [-0.4, -0.2) is 71.9 Å². The van der Waals surface area contributed by atoms with Gasteiger partial charge in [0, 0.05) is 51.0 Å². The molecule has 1 fully saturated rings. The Morgan fingerprint density at radius 3 is 2.57 bits per heavy atom. The summed E-state index contributed by atoms with van der Waals surface area (Å²) in [5, 5.41) is 11.4. The van der Waals surface area contributed by atoms with E-state index in [1.54, 1.807) is 0 Å². The first-order valence-corrected chi connectivity index (χ1v) is 11.0. The van der Waals surface area contributed by atoms with E-state index in [0.717, 1.165) is 45.0 Å². The van der Waals surface area contributed by atoms with Gasteiger partial charge < -0.3 is 15.5 Å². The minimum absolute atomic E-state index is 0.210. The minimum Gasteiger partial charge on any atom is -0.357 e. The van der Waals surface area contributed by atoms with E-state index < -0.39 is 0 Å². The number of aryl methyl sites for hydroxylation is 1. The van der Waals surface area contributed by atoms with Gasteiger partial charge in [0.2, 0.25) is 0 Å². The average Bonchev–Trinajstić information content (AvgIpc) is 3.16. The van der Waals surface area contributed by atoms with Gasteiger partial charge in [-0.25, -0.2) is 0 Å². The molecule has 7 heteroatoms. The van der Waals surface area contributed by atoms with Gasteiger partial charge in [-0.1, -0.05) is 30.3 Å². The number of rotatable bonds is 8. The summed E-state index contributed by atoms with van der Waals surface area (Å²) >= 11 is 0. The lowest BCUT2D eigenvalue weighted by atomic mass is 10.0. The molecule has 30 heavy (non-hydrogen) atoms. The van der Waals surface area contributed by atoms with Gasteiger partial charge in [-0.2, -0.15) is 5.10 Å². The highest BCUT2D eigenvalue weighted by atomic mass is 15.3. The number of nitrogens with zero attached hydrogens (tertiary/aromatic N) is 5. The zero-order chi connectivity index (χ0) is 21.3. The van der Waals surface area contributed by atoms with Crippen molar-refractivity contribution < 1.29 is 0 Å². The van der Waals surface area contributed by atoms with E-state index in [1.807, 2.05) is 17.9 Å². The van der Waals surface area contributed by atoms with Gasteiger partial charge in [-0.15, -0.1) is 0 Å². The van der Waals surface area contributed by atoms with Crippen molar-refractivity contribution in [2.75, 3.05) is 40.3 Å². The van der Waals surface area contributed by atoms with Crippen LogP contribution in [0.2, 0.25) is 0 Å². The van der Waals surface area contributed by atoms with Crippen molar-refractivity contribution in [3.8, 4) is 0 Å². The van der Waals surface area contributed by atoms with Crippen molar-refractivity contribution in [1.82, 2.24) is 30.2 Å². The molecule has 3 rings (SSSR count). The van der Waals surface area contributed by atoms with E-state index in [0.29, 0.717) is 12.6 Å². The SMILES string of the molecule is CCNC(=NCC(c1cnn(C)c1)N(C)C)NC1CCN(Cc2ccccc2)CC1. The summed E-state index contributed by atoms with van der Waals surface area (Å²) in [5.74, 6) is 0.912. The maximum atomic E-state index is 4.90. The van der Waals surface area contributed by atoms with E-state index in [9.17, 15) is 0 Å². The second-order valence-corrected chi connectivity index (χ2v) is 8.33. The van der Waals surface area contributed by atoms with Crippen LogP contribution in [0.3, 0.4) is 0 Å². The second kappa shape index (κ2) is 11.1. The lowest BCUT2D eigenvalue weighted by Gasteiger charge is -2.33. The molecule has 0 saturated carbocycles. The quantitative estimate of drug-likeness (QED) is 0.515. The highest BCUT2D eigenvalue weighted by Gasteiger charge is 2.21. The number of hydrogen-bond acceptors (Lipinski definition) is 4. The fraction of sp³-hybridized carbons (Fsp3) is 0.565. The van der Waals surface area contributed by atoms with E-state index >= 15 is 0 Å². The first kappa shape index (κ1) is 22.3. The van der Waals surface area contributed by atoms with E-state index in [-0.39, 0.29) is 6.04 Å². The Hall–Kier alpha value is -2.38. The molecule has 164 valence electrons.